The maximum Gasteiger partial charge on any atom is 0.273 e. The van der Waals surface area contributed by atoms with Crippen LogP contribution in [0, 0.1) is 33.3 Å². The van der Waals surface area contributed by atoms with Gasteiger partial charge in [0.2, 0.25) is 11.9 Å². The van der Waals surface area contributed by atoms with Gasteiger partial charge in [0, 0.05) is 30.6 Å². The molecule has 0 saturated carbocycles. The number of anilines is 2. The predicted molar refractivity (Wildman–Crippen MR) is 133 cm³/mol. The number of rotatable bonds is 5. The van der Waals surface area contributed by atoms with Crippen molar-refractivity contribution in [2.75, 3.05) is 23.3 Å². The van der Waals surface area contributed by atoms with Crippen LogP contribution in [0.25, 0.3) is 0 Å². The molecule has 2 aliphatic rings. The minimum absolute atomic E-state index is 0.0415. The third-order valence-corrected chi connectivity index (χ3v) is 7.00. The second kappa shape index (κ2) is 9.62. The molecule has 2 unspecified atom stereocenters. The summed E-state index contributed by atoms with van der Waals surface area (Å²) >= 11 is 0. The summed E-state index contributed by atoms with van der Waals surface area (Å²) in [5, 5.41) is 23.9. The second-order valence-electron chi connectivity index (χ2n) is 9.16. The number of piperidine rings is 1. The fourth-order valence-corrected chi connectivity index (χ4v) is 5.20. The first-order valence-electron chi connectivity index (χ1n) is 11.8. The van der Waals surface area contributed by atoms with E-state index in [1.54, 1.807) is 6.07 Å². The average Bonchev–Trinajstić information content (AvgIpc) is 2.88. The summed E-state index contributed by atoms with van der Waals surface area (Å²) < 4.78 is 0. The first kappa shape index (κ1) is 23.2. The van der Waals surface area contributed by atoms with E-state index in [2.05, 4.69) is 27.4 Å². The van der Waals surface area contributed by atoms with E-state index in [-0.39, 0.29) is 22.6 Å². The van der Waals surface area contributed by atoms with Gasteiger partial charge in [0.25, 0.3) is 11.2 Å². The van der Waals surface area contributed by atoms with Crippen LogP contribution < -0.4 is 15.8 Å². The molecule has 3 aromatic rings. The van der Waals surface area contributed by atoms with E-state index in [4.69, 9.17) is 0 Å². The minimum Gasteiger partial charge on any atom is -0.342 e. The highest BCUT2D eigenvalue weighted by Gasteiger charge is 2.43. The van der Waals surface area contributed by atoms with Crippen molar-refractivity contribution in [3.8, 4) is 6.07 Å². The molecule has 10 nitrogen and oxygen atoms in total. The van der Waals surface area contributed by atoms with Crippen molar-refractivity contribution in [1.82, 2.24) is 9.97 Å². The van der Waals surface area contributed by atoms with E-state index in [1.165, 1.54) is 23.8 Å². The smallest absolute Gasteiger partial charge is 0.273 e. The zero-order valence-electron chi connectivity index (χ0n) is 19.4. The molecule has 3 heterocycles. The van der Waals surface area contributed by atoms with Crippen molar-refractivity contribution in [3.63, 3.8) is 0 Å². The summed E-state index contributed by atoms with van der Waals surface area (Å²) in [7, 11) is 0. The van der Waals surface area contributed by atoms with Gasteiger partial charge in [0.1, 0.15) is 11.7 Å². The molecule has 0 aliphatic carbocycles. The highest BCUT2D eigenvalue weighted by atomic mass is 16.6. The third kappa shape index (κ3) is 4.31. The Morgan fingerprint density at radius 2 is 1.78 bits per heavy atom. The Kier molecular flexibility index (Phi) is 6.21. The van der Waals surface area contributed by atoms with Gasteiger partial charge in [0.15, 0.2) is 0 Å². The molecule has 0 bridgehead atoms. The van der Waals surface area contributed by atoms with Gasteiger partial charge in [-0.1, -0.05) is 48.5 Å². The van der Waals surface area contributed by atoms with Crippen molar-refractivity contribution < 1.29 is 9.72 Å². The van der Waals surface area contributed by atoms with Gasteiger partial charge in [-0.2, -0.15) is 10.2 Å². The highest BCUT2D eigenvalue weighted by molar-refractivity contribution is 5.98. The number of carbonyl (C=O) groups is 1. The number of aromatic amines is 1. The van der Waals surface area contributed by atoms with Gasteiger partial charge in [0.05, 0.1) is 16.6 Å². The molecule has 1 amide bonds. The van der Waals surface area contributed by atoms with E-state index in [1.807, 2.05) is 29.2 Å². The number of nitrogens with zero attached hydrogens (tertiary/aromatic N) is 4. The lowest BCUT2D eigenvalue weighted by Gasteiger charge is -2.34. The number of benzene rings is 2. The number of fused-ring (bicyclic) bond motifs is 1. The number of nitrogens with one attached hydrogen (secondary N) is 2. The number of amides is 1. The average molecular weight is 485 g/mol. The number of carbonyl (C=O) groups excluding carboxylic acids is 1. The standard InChI is InChI=1S/C26H24N6O4/c27-15-19-21(18-8-4-5-9-20(18)32(35)36)22-23(28-24(19)33)29-26(30-25(22)34)31-12-10-17(11-13-31)14-16-6-2-1-3-7-16/h1-9,17,19,21H,10-14H2,(H2,28,29,30,33,34). The van der Waals surface area contributed by atoms with Crippen LogP contribution in [-0.4, -0.2) is 33.9 Å². The Balaban J connectivity index is 1.45. The quantitative estimate of drug-likeness (QED) is 0.417. The summed E-state index contributed by atoms with van der Waals surface area (Å²) in [5.74, 6) is -2.15. The van der Waals surface area contributed by atoms with E-state index >= 15 is 0 Å². The summed E-state index contributed by atoms with van der Waals surface area (Å²) in [6.45, 7) is 1.39. The molecule has 36 heavy (non-hydrogen) atoms. The van der Waals surface area contributed by atoms with Gasteiger partial charge in [-0.3, -0.25) is 24.7 Å². The lowest BCUT2D eigenvalue weighted by Crippen LogP contribution is -2.41. The van der Waals surface area contributed by atoms with E-state index in [9.17, 15) is 25.0 Å². The normalized spacial score (nSPS) is 19.8. The Morgan fingerprint density at radius 3 is 2.47 bits per heavy atom. The molecule has 10 heteroatoms. The van der Waals surface area contributed by atoms with Crippen molar-refractivity contribution in [2.45, 2.75) is 25.2 Å². The monoisotopic (exact) mass is 484 g/mol. The molecule has 1 saturated heterocycles. The van der Waals surface area contributed by atoms with Crippen molar-refractivity contribution in [2.24, 2.45) is 11.8 Å². The first-order valence-corrected chi connectivity index (χ1v) is 11.8. The molecule has 2 aliphatic heterocycles. The molecule has 2 N–H and O–H groups in total. The van der Waals surface area contributed by atoms with Crippen molar-refractivity contribution >= 4 is 23.4 Å². The number of H-pyrrole nitrogens is 1. The largest absolute Gasteiger partial charge is 0.342 e. The van der Waals surface area contributed by atoms with Gasteiger partial charge >= 0.3 is 0 Å². The maximum absolute atomic E-state index is 13.3. The number of hydrogen-bond acceptors (Lipinski definition) is 7. The van der Waals surface area contributed by atoms with Crippen LogP contribution in [0.4, 0.5) is 17.5 Å². The van der Waals surface area contributed by atoms with E-state index in [0.717, 1.165) is 19.3 Å². The van der Waals surface area contributed by atoms with E-state index in [0.29, 0.717) is 25.0 Å². The molecule has 0 radical (unpaired) electrons. The van der Waals surface area contributed by atoms with Gasteiger partial charge in [-0.25, -0.2) is 0 Å². The molecular formula is C26H24N6O4. The summed E-state index contributed by atoms with van der Waals surface area (Å²) in [4.78, 5) is 46.5. The fraction of sp³-hybridized carbons (Fsp3) is 0.308. The zero-order valence-corrected chi connectivity index (χ0v) is 19.4. The zero-order chi connectivity index (χ0) is 25.2. The number of nitro groups is 1. The maximum atomic E-state index is 13.3. The topological polar surface area (TPSA) is 145 Å². The molecule has 2 atom stereocenters. The van der Waals surface area contributed by atoms with Crippen LogP contribution in [0.3, 0.4) is 0 Å². The van der Waals surface area contributed by atoms with Crippen molar-refractivity contribution in [3.05, 3.63) is 91.8 Å². The van der Waals surface area contributed by atoms with Crippen LogP contribution in [0.15, 0.2) is 59.4 Å². The number of nitro benzene ring substituents is 1. The Morgan fingerprint density at radius 1 is 1.08 bits per heavy atom. The molecule has 0 spiro atoms. The first-order chi connectivity index (χ1) is 17.5. The molecule has 5 rings (SSSR count). The third-order valence-electron chi connectivity index (χ3n) is 7.00. The second-order valence-corrected chi connectivity index (χ2v) is 9.16. The lowest BCUT2D eigenvalue weighted by molar-refractivity contribution is -0.385. The number of hydrogen-bond donors (Lipinski definition) is 2. The Hall–Kier alpha value is -4.52. The van der Waals surface area contributed by atoms with Crippen molar-refractivity contribution in [1.29, 1.82) is 5.26 Å². The number of aromatic nitrogens is 2. The van der Waals surface area contributed by atoms with Crippen LogP contribution >= 0.6 is 0 Å². The number of nitriles is 1. The summed E-state index contributed by atoms with van der Waals surface area (Å²) in [6.07, 6.45) is 2.85. The molecular weight excluding hydrogens is 460 g/mol. The summed E-state index contributed by atoms with van der Waals surface area (Å²) in [5.41, 5.74) is 0.703. The van der Waals surface area contributed by atoms with Crippen LogP contribution in [0.1, 0.15) is 35.4 Å². The molecule has 2 aromatic carbocycles. The fourth-order valence-electron chi connectivity index (χ4n) is 5.20. The lowest BCUT2D eigenvalue weighted by atomic mass is 9.78. The van der Waals surface area contributed by atoms with Crippen LogP contribution in [0.2, 0.25) is 0 Å². The number of para-hydroxylation sites is 1. The Bertz CT molecular complexity index is 1410. The van der Waals surface area contributed by atoms with Crippen LogP contribution in [0.5, 0.6) is 0 Å². The molecule has 1 fully saturated rings. The Labute approximate surface area is 206 Å². The van der Waals surface area contributed by atoms with Gasteiger partial charge < -0.3 is 10.2 Å². The SMILES string of the molecule is N#CC1C(=O)Nc2nc(N3CCC(Cc4ccccc4)CC3)[nH]c(=O)c2C1c1ccccc1[N+](=O)[O-]. The van der Waals surface area contributed by atoms with Gasteiger partial charge in [-0.15, -0.1) is 0 Å². The van der Waals surface area contributed by atoms with Crippen LogP contribution in [-0.2, 0) is 11.2 Å². The molecule has 182 valence electrons. The predicted octanol–water partition coefficient (Wildman–Crippen LogP) is 3.36. The summed E-state index contributed by atoms with van der Waals surface area (Å²) in [6, 6.07) is 18.1. The highest BCUT2D eigenvalue weighted by Crippen LogP contribution is 2.41. The minimum atomic E-state index is -1.30. The molecule has 1 aromatic heterocycles. The van der Waals surface area contributed by atoms with E-state index < -0.39 is 28.2 Å². The van der Waals surface area contributed by atoms with Gasteiger partial charge in [-0.05, 0) is 30.7 Å².